The lowest BCUT2D eigenvalue weighted by Gasteiger charge is -2.08. The van der Waals surface area contributed by atoms with Gasteiger partial charge in [0.2, 0.25) is 5.91 Å². The summed E-state index contributed by atoms with van der Waals surface area (Å²) in [5.74, 6) is 0.797. The second-order valence-electron chi connectivity index (χ2n) is 5.05. The van der Waals surface area contributed by atoms with Crippen LogP contribution in [-0.4, -0.2) is 19.1 Å². The Morgan fingerprint density at radius 1 is 1.00 bits per heavy atom. The second-order valence-corrected chi connectivity index (χ2v) is 5.05. The molecule has 0 spiro atoms. The van der Waals surface area contributed by atoms with E-state index < -0.39 is 0 Å². The predicted octanol–water partition coefficient (Wildman–Crippen LogP) is 3.83. The molecule has 116 valence electrons. The minimum atomic E-state index is -0.0104. The molecule has 2 aromatic rings. The number of hydrogen-bond donors (Lipinski definition) is 2. The summed E-state index contributed by atoms with van der Waals surface area (Å²) in [5.41, 5.74) is 3.03. The Morgan fingerprint density at radius 2 is 1.64 bits per heavy atom. The molecule has 0 heterocycles. The Kier molecular flexibility index (Phi) is 5.83. The number of ether oxygens (including phenoxy) is 1. The Balaban J connectivity index is 1.74. The van der Waals surface area contributed by atoms with Gasteiger partial charge in [-0.25, -0.2) is 0 Å². The number of aryl methyl sites for hydroxylation is 1. The molecule has 0 aliphatic carbocycles. The first-order valence-corrected chi connectivity index (χ1v) is 7.50. The predicted molar refractivity (Wildman–Crippen MR) is 90.5 cm³/mol. The van der Waals surface area contributed by atoms with Crippen LogP contribution in [0, 0.1) is 6.92 Å². The molecule has 0 atom stereocenters. The first kappa shape index (κ1) is 15.9. The van der Waals surface area contributed by atoms with Crippen molar-refractivity contribution in [3.63, 3.8) is 0 Å². The third-order valence-corrected chi connectivity index (χ3v) is 3.18. The molecule has 0 aromatic heterocycles. The van der Waals surface area contributed by atoms with Crippen molar-refractivity contribution in [1.82, 2.24) is 0 Å². The zero-order chi connectivity index (χ0) is 15.8. The summed E-state index contributed by atoms with van der Waals surface area (Å²) in [5, 5.41) is 6.11. The quantitative estimate of drug-likeness (QED) is 0.816. The highest BCUT2D eigenvalue weighted by Gasteiger charge is 2.02. The number of anilines is 2. The third kappa shape index (κ3) is 5.13. The minimum absolute atomic E-state index is 0.0104. The molecular formula is C18H22N2O2. The Bertz CT molecular complexity index is 591. The van der Waals surface area contributed by atoms with Crippen LogP contribution in [0.2, 0.25) is 0 Å². The largest absolute Gasteiger partial charge is 0.494 e. The first-order valence-electron chi connectivity index (χ1n) is 7.50. The van der Waals surface area contributed by atoms with Gasteiger partial charge in [-0.3, -0.25) is 4.79 Å². The average Bonchev–Trinajstić information content (AvgIpc) is 2.51. The van der Waals surface area contributed by atoms with Gasteiger partial charge in [0.25, 0.3) is 0 Å². The summed E-state index contributed by atoms with van der Waals surface area (Å²) in [6.45, 7) is 5.23. The number of carbonyl (C=O) groups excluding carboxylic acids is 1. The Labute approximate surface area is 131 Å². The Hall–Kier alpha value is -2.49. The van der Waals surface area contributed by atoms with E-state index in [1.807, 2.05) is 62.4 Å². The molecule has 2 aromatic carbocycles. The topological polar surface area (TPSA) is 50.4 Å². The lowest BCUT2D eigenvalue weighted by molar-refractivity contribution is -0.115. The molecule has 0 aliphatic rings. The average molecular weight is 298 g/mol. The van der Waals surface area contributed by atoms with Crippen LogP contribution in [0.5, 0.6) is 5.75 Å². The van der Waals surface area contributed by atoms with Crippen LogP contribution in [0.4, 0.5) is 11.4 Å². The smallest absolute Gasteiger partial charge is 0.226 e. The maximum atomic E-state index is 11.9. The van der Waals surface area contributed by atoms with Crippen LogP contribution in [0.3, 0.4) is 0 Å². The highest BCUT2D eigenvalue weighted by molar-refractivity contribution is 5.91. The van der Waals surface area contributed by atoms with Gasteiger partial charge >= 0.3 is 0 Å². The lowest BCUT2D eigenvalue weighted by atomic mass is 10.2. The van der Waals surface area contributed by atoms with E-state index in [1.165, 1.54) is 5.56 Å². The number of carbonyl (C=O) groups is 1. The SMILES string of the molecule is CCOc1ccc(NC(=O)CCNc2ccc(C)cc2)cc1. The molecule has 0 unspecified atom stereocenters. The fourth-order valence-electron chi connectivity index (χ4n) is 2.02. The zero-order valence-corrected chi connectivity index (χ0v) is 13.1. The monoisotopic (exact) mass is 298 g/mol. The van der Waals surface area contributed by atoms with E-state index in [-0.39, 0.29) is 5.91 Å². The second kappa shape index (κ2) is 8.08. The van der Waals surface area contributed by atoms with Gasteiger partial charge in [-0.2, -0.15) is 0 Å². The molecule has 2 rings (SSSR count). The number of amides is 1. The van der Waals surface area contributed by atoms with Crippen molar-refractivity contribution in [2.24, 2.45) is 0 Å². The van der Waals surface area contributed by atoms with Crippen molar-refractivity contribution in [2.45, 2.75) is 20.3 Å². The van der Waals surface area contributed by atoms with E-state index in [0.717, 1.165) is 17.1 Å². The van der Waals surface area contributed by atoms with Crippen LogP contribution in [0.1, 0.15) is 18.9 Å². The lowest BCUT2D eigenvalue weighted by Crippen LogP contribution is -2.16. The fraction of sp³-hybridized carbons (Fsp3) is 0.278. The van der Waals surface area contributed by atoms with E-state index >= 15 is 0 Å². The van der Waals surface area contributed by atoms with Gasteiger partial charge in [0.1, 0.15) is 5.75 Å². The molecule has 0 saturated heterocycles. The maximum Gasteiger partial charge on any atom is 0.226 e. The molecule has 1 amide bonds. The van der Waals surface area contributed by atoms with Crippen molar-refractivity contribution in [1.29, 1.82) is 0 Å². The van der Waals surface area contributed by atoms with E-state index in [9.17, 15) is 4.79 Å². The highest BCUT2D eigenvalue weighted by Crippen LogP contribution is 2.15. The summed E-state index contributed by atoms with van der Waals surface area (Å²) in [4.78, 5) is 11.9. The van der Waals surface area contributed by atoms with Gasteiger partial charge in [-0.05, 0) is 50.2 Å². The van der Waals surface area contributed by atoms with Crippen molar-refractivity contribution >= 4 is 17.3 Å². The first-order chi connectivity index (χ1) is 10.7. The van der Waals surface area contributed by atoms with Gasteiger partial charge in [-0.15, -0.1) is 0 Å². The van der Waals surface area contributed by atoms with Crippen molar-refractivity contribution in [3.05, 3.63) is 54.1 Å². The van der Waals surface area contributed by atoms with Crippen molar-refractivity contribution in [3.8, 4) is 5.75 Å². The molecule has 0 bridgehead atoms. The summed E-state index contributed by atoms with van der Waals surface area (Å²) in [6, 6.07) is 15.5. The van der Waals surface area contributed by atoms with E-state index in [0.29, 0.717) is 19.6 Å². The minimum Gasteiger partial charge on any atom is -0.494 e. The van der Waals surface area contributed by atoms with Crippen LogP contribution < -0.4 is 15.4 Å². The molecular weight excluding hydrogens is 276 g/mol. The van der Waals surface area contributed by atoms with Gasteiger partial charge < -0.3 is 15.4 Å². The van der Waals surface area contributed by atoms with E-state index in [2.05, 4.69) is 10.6 Å². The van der Waals surface area contributed by atoms with Crippen LogP contribution in [-0.2, 0) is 4.79 Å². The fourth-order valence-corrected chi connectivity index (χ4v) is 2.02. The third-order valence-electron chi connectivity index (χ3n) is 3.18. The maximum absolute atomic E-state index is 11.9. The van der Waals surface area contributed by atoms with Crippen molar-refractivity contribution in [2.75, 3.05) is 23.8 Å². The molecule has 2 N–H and O–H groups in total. The van der Waals surface area contributed by atoms with Crippen molar-refractivity contribution < 1.29 is 9.53 Å². The summed E-state index contributed by atoms with van der Waals surface area (Å²) in [6.07, 6.45) is 0.418. The van der Waals surface area contributed by atoms with Gasteiger partial charge in [0.05, 0.1) is 6.61 Å². The molecule has 22 heavy (non-hydrogen) atoms. The summed E-state index contributed by atoms with van der Waals surface area (Å²) >= 11 is 0. The van der Waals surface area contributed by atoms with Gasteiger partial charge in [0.15, 0.2) is 0 Å². The van der Waals surface area contributed by atoms with E-state index in [4.69, 9.17) is 4.74 Å². The normalized spacial score (nSPS) is 10.1. The Morgan fingerprint density at radius 3 is 2.27 bits per heavy atom. The summed E-state index contributed by atoms with van der Waals surface area (Å²) in [7, 11) is 0. The number of nitrogens with one attached hydrogen (secondary N) is 2. The van der Waals surface area contributed by atoms with Gasteiger partial charge in [-0.1, -0.05) is 17.7 Å². The molecule has 0 aliphatic heterocycles. The standard InChI is InChI=1S/C18H22N2O2/c1-3-22-17-10-8-16(9-11-17)20-18(21)12-13-19-15-6-4-14(2)5-7-15/h4-11,19H,3,12-13H2,1-2H3,(H,20,21). The molecule has 4 heteroatoms. The van der Waals surface area contributed by atoms with Crippen LogP contribution in [0.25, 0.3) is 0 Å². The van der Waals surface area contributed by atoms with Crippen LogP contribution >= 0.6 is 0 Å². The van der Waals surface area contributed by atoms with E-state index in [1.54, 1.807) is 0 Å². The number of benzene rings is 2. The number of rotatable bonds is 7. The number of hydrogen-bond acceptors (Lipinski definition) is 3. The molecule has 0 radical (unpaired) electrons. The molecule has 0 fully saturated rings. The summed E-state index contributed by atoms with van der Waals surface area (Å²) < 4.78 is 5.37. The molecule has 4 nitrogen and oxygen atoms in total. The zero-order valence-electron chi connectivity index (χ0n) is 13.1. The highest BCUT2D eigenvalue weighted by atomic mass is 16.5. The molecule has 0 saturated carbocycles. The van der Waals surface area contributed by atoms with Gasteiger partial charge in [0, 0.05) is 24.3 Å². The van der Waals surface area contributed by atoms with Crippen LogP contribution in [0.15, 0.2) is 48.5 Å².